The zero-order valence-corrected chi connectivity index (χ0v) is 18.1. The summed E-state index contributed by atoms with van der Waals surface area (Å²) in [4.78, 5) is 17.0. The highest BCUT2D eigenvalue weighted by molar-refractivity contribution is 7.88. The third-order valence-electron chi connectivity index (χ3n) is 5.29. The average molecular weight is 416 g/mol. The van der Waals surface area contributed by atoms with Gasteiger partial charge in [-0.1, -0.05) is 38.1 Å². The first-order valence-corrected chi connectivity index (χ1v) is 11.8. The molecule has 156 valence electrons. The van der Waals surface area contributed by atoms with E-state index in [-0.39, 0.29) is 5.91 Å². The van der Waals surface area contributed by atoms with Crippen LogP contribution >= 0.6 is 0 Å². The van der Waals surface area contributed by atoms with Gasteiger partial charge < -0.3 is 5.32 Å². The summed E-state index contributed by atoms with van der Waals surface area (Å²) >= 11 is 0. The predicted octanol–water partition coefficient (Wildman–Crippen LogP) is 3.50. The van der Waals surface area contributed by atoms with Crippen LogP contribution in [0.25, 0.3) is 16.5 Å². The maximum absolute atomic E-state index is 12.4. The number of hydrogen-bond donors (Lipinski definition) is 2. The quantitative estimate of drug-likeness (QED) is 0.678. The van der Waals surface area contributed by atoms with Crippen LogP contribution in [0.1, 0.15) is 55.5 Å². The van der Waals surface area contributed by atoms with Crippen LogP contribution in [0.5, 0.6) is 0 Å². The van der Waals surface area contributed by atoms with Crippen molar-refractivity contribution < 1.29 is 13.2 Å². The van der Waals surface area contributed by atoms with Crippen molar-refractivity contribution in [1.82, 2.24) is 15.0 Å². The van der Waals surface area contributed by atoms with Crippen LogP contribution in [0, 0.1) is 5.41 Å². The first-order valence-electron chi connectivity index (χ1n) is 9.96. The Hall–Kier alpha value is -2.25. The third kappa shape index (κ3) is 5.87. The molecule has 0 saturated heterocycles. The van der Waals surface area contributed by atoms with Crippen LogP contribution in [0.4, 0.5) is 0 Å². The molecule has 3 rings (SSSR count). The normalized spacial score (nSPS) is 16.4. The highest BCUT2D eigenvalue weighted by Gasteiger charge is 2.23. The van der Waals surface area contributed by atoms with Crippen molar-refractivity contribution >= 4 is 32.4 Å². The maximum Gasteiger partial charge on any atom is 0.252 e. The van der Waals surface area contributed by atoms with Crippen molar-refractivity contribution in [2.75, 3.05) is 19.3 Å². The second-order valence-electron chi connectivity index (χ2n) is 8.47. The van der Waals surface area contributed by atoms with Gasteiger partial charge in [0.05, 0.1) is 17.3 Å². The van der Waals surface area contributed by atoms with Crippen molar-refractivity contribution in [3.63, 3.8) is 0 Å². The zero-order chi connectivity index (χ0) is 21.1. The Morgan fingerprint density at radius 2 is 2.03 bits per heavy atom. The molecule has 0 unspecified atom stereocenters. The van der Waals surface area contributed by atoms with Crippen molar-refractivity contribution in [2.24, 2.45) is 5.41 Å². The Bertz CT molecular complexity index is 1040. The van der Waals surface area contributed by atoms with Gasteiger partial charge in [-0.2, -0.15) is 0 Å². The minimum Gasteiger partial charge on any atom is -0.352 e. The molecule has 0 radical (unpaired) electrons. The number of nitrogens with zero attached hydrogens (tertiary/aromatic N) is 1. The summed E-state index contributed by atoms with van der Waals surface area (Å²) < 4.78 is 24.5. The fourth-order valence-corrected chi connectivity index (χ4v) is 4.03. The standard InChI is InChI=1S/C22H29N3O3S/c1-22(2)10-8-16(9-11-22)19-7-4-6-17-14-18(15-24-20(17)19)21(26)23-12-5-13-25-29(3,27)28/h4,6-8,14-15,25H,5,9-13H2,1-3H3,(H,23,26). The summed E-state index contributed by atoms with van der Waals surface area (Å²) in [7, 11) is -3.20. The lowest BCUT2D eigenvalue weighted by Crippen LogP contribution is -2.29. The molecule has 0 bridgehead atoms. The fourth-order valence-electron chi connectivity index (χ4n) is 3.52. The molecule has 1 aromatic carbocycles. The van der Waals surface area contributed by atoms with E-state index in [1.54, 1.807) is 6.20 Å². The van der Waals surface area contributed by atoms with Gasteiger partial charge in [0.15, 0.2) is 0 Å². The summed E-state index contributed by atoms with van der Waals surface area (Å²) in [6.45, 7) is 5.28. The first kappa shape index (κ1) is 21.5. The Kier molecular flexibility index (Phi) is 6.39. The molecule has 0 fully saturated rings. The summed E-state index contributed by atoms with van der Waals surface area (Å²) in [5.41, 5.74) is 4.26. The van der Waals surface area contributed by atoms with Gasteiger partial charge >= 0.3 is 0 Å². The van der Waals surface area contributed by atoms with Crippen molar-refractivity contribution in [3.8, 4) is 0 Å². The van der Waals surface area contributed by atoms with Gasteiger partial charge in [-0.05, 0) is 42.7 Å². The van der Waals surface area contributed by atoms with Crippen molar-refractivity contribution in [3.05, 3.63) is 47.7 Å². The SMILES string of the molecule is CC1(C)CC=C(c2cccc3cc(C(=O)NCCCNS(C)(=O)=O)cnc23)CC1. The highest BCUT2D eigenvalue weighted by Crippen LogP contribution is 2.39. The summed E-state index contributed by atoms with van der Waals surface area (Å²) in [6.07, 6.45) is 8.84. The molecule has 7 heteroatoms. The Morgan fingerprint density at radius 1 is 1.24 bits per heavy atom. The smallest absolute Gasteiger partial charge is 0.252 e. The number of hydrogen-bond acceptors (Lipinski definition) is 4. The molecule has 0 saturated carbocycles. The van der Waals surface area contributed by atoms with Crippen LogP contribution in [0.2, 0.25) is 0 Å². The molecular weight excluding hydrogens is 386 g/mol. The van der Waals surface area contributed by atoms with Gasteiger partial charge in [-0.15, -0.1) is 0 Å². The number of carbonyl (C=O) groups excluding carboxylic acids is 1. The Balaban J connectivity index is 1.69. The number of para-hydroxylation sites is 1. The maximum atomic E-state index is 12.4. The van der Waals surface area contributed by atoms with Crippen LogP contribution in [-0.2, 0) is 10.0 Å². The molecule has 1 aromatic heterocycles. The van der Waals surface area contributed by atoms with Gasteiger partial charge in [0.2, 0.25) is 10.0 Å². The number of aromatic nitrogens is 1. The number of amides is 1. The topological polar surface area (TPSA) is 88.2 Å². The summed E-state index contributed by atoms with van der Waals surface area (Å²) in [5, 5.41) is 3.76. The third-order valence-corrected chi connectivity index (χ3v) is 6.02. The molecular formula is C22H29N3O3S. The second kappa shape index (κ2) is 8.63. The van der Waals surface area contributed by atoms with Gasteiger partial charge in [-0.25, -0.2) is 13.1 Å². The van der Waals surface area contributed by atoms with Crippen molar-refractivity contribution in [1.29, 1.82) is 0 Å². The molecule has 1 heterocycles. The number of fused-ring (bicyclic) bond motifs is 1. The van der Waals surface area contributed by atoms with E-state index >= 15 is 0 Å². The van der Waals surface area contributed by atoms with Gasteiger partial charge in [0, 0.05) is 30.2 Å². The van der Waals surface area contributed by atoms with E-state index < -0.39 is 10.0 Å². The molecule has 1 aliphatic carbocycles. The number of carbonyl (C=O) groups is 1. The van der Waals surface area contributed by atoms with Crippen LogP contribution < -0.4 is 10.0 Å². The van der Waals surface area contributed by atoms with Gasteiger partial charge in [0.1, 0.15) is 0 Å². The minimum atomic E-state index is -3.20. The van der Waals surface area contributed by atoms with E-state index in [0.29, 0.717) is 30.5 Å². The number of allylic oxidation sites excluding steroid dienone is 2. The number of sulfonamides is 1. The van der Waals surface area contributed by atoms with E-state index in [9.17, 15) is 13.2 Å². The van der Waals surface area contributed by atoms with E-state index in [2.05, 4.69) is 41.0 Å². The molecule has 1 amide bonds. The average Bonchev–Trinajstić information content (AvgIpc) is 2.66. The molecule has 2 aromatic rings. The number of rotatable bonds is 7. The summed E-state index contributed by atoms with van der Waals surface area (Å²) in [5.74, 6) is -0.206. The van der Waals surface area contributed by atoms with Crippen LogP contribution in [0.15, 0.2) is 36.5 Å². The van der Waals surface area contributed by atoms with E-state index in [0.717, 1.165) is 42.0 Å². The number of benzene rings is 1. The van der Waals surface area contributed by atoms with Crippen LogP contribution in [-0.4, -0.2) is 38.7 Å². The molecule has 6 nitrogen and oxygen atoms in total. The molecule has 29 heavy (non-hydrogen) atoms. The van der Waals surface area contributed by atoms with Crippen molar-refractivity contribution in [2.45, 2.75) is 39.5 Å². The highest BCUT2D eigenvalue weighted by atomic mass is 32.2. The number of nitrogens with one attached hydrogen (secondary N) is 2. The van der Waals surface area contributed by atoms with E-state index in [1.165, 1.54) is 5.57 Å². The minimum absolute atomic E-state index is 0.206. The monoisotopic (exact) mass is 415 g/mol. The van der Waals surface area contributed by atoms with Gasteiger partial charge in [0.25, 0.3) is 5.91 Å². The first-order chi connectivity index (χ1) is 13.6. The zero-order valence-electron chi connectivity index (χ0n) is 17.3. The van der Waals surface area contributed by atoms with E-state index in [1.807, 2.05) is 18.2 Å². The molecule has 0 spiro atoms. The molecule has 0 atom stereocenters. The number of pyridine rings is 1. The fraction of sp³-hybridized carbons (Fsp3) is 0.455. The largest absolute Gasteiger partial charge is 0.352 e. The van der Waals surface area contributed by atoms with Crippen LogP contribution in [0.3, 0.4) is 0 Å². The molecule has 0 aliphatic heterocycles. The Labute approximate surface area is 172 Å². The summed E-state index contributed by atoms with van der Waals surface area (Å²) in [6, 6.07) is 7.96. The lowest BCUT2D eigenvalue weighted by molar-refractivity contribution is 0.0953. The predicted molar refractivity (Wildman–Crippen MR) is 117 cm³/mol. The second-order valence-corrected chi connectivity index (χ2v) is 10.3. The Morgan fingerprint density at radius 3 is 2.72 bits per heavy atom. The lowest BCUT2D eigenvalue weighted by atomic mass is 9.77. The molecule has 1 aliphatic rings. The van der Waals surface area contributed by atoms with E-state index in [4.69, 9.17) is 0 Å². The molecule has 2 N–H and O–H groups in total. The van der Waals surface area contributed by atoms with Gasteiger partial charge in [-0.3, -0.25) is 9.78 Å². The lowest BCUT2D eigenvalue weighted by Gasteiger charge is -2.29.